The molecule has 1 aromatic heterocycles. The van der Waals surface area contributed by atoms with E-state index in [1.54, 1.807) is 24.3 Å². The third kappa shape index (κ3) is 4.08. The summed E-state index contributed by atoms with van der Waals surface area (Å²) >= 11 is 0. The molecule has 0 saturated heterocycles. The van der Waals surface area contributed by atoms with Gasteiger partial charge in [0.05, 0.1) is 40.3 Å². The molecular formula is C18H14N4O5. The Balaban J connectivity index is 1.70. The second-order valence-corrected chi connectivity index (χ2v) is 5.76. The van der Waals surface area contributed by atoms with Crippen LogP contribution in [0.25, 0.3) is 10.9 Å². The van der Waals surface area contributed by atoms with Gasteiger partial charge in [0.25, 0.3) is 11.2 Å². The predicted molar refractivity (Wildman–Crippen MR) is 95.3 cm³/mol. The van der Waals surface area contributed by atoms with E-state index in [9.17, 15) is 20.0 Å². The van der Waals surface area contributed by atoms with Gasteiger partial charge in [-0.2, -0.15) is 5.26 Å². The van der Waals surface area contributed by atoms with Crippen molar-refractivity contribution in [2.75, 3.05) is 6.61 Å². The first-order chi connectivity index (χ1) is 13.0. The quantitative estimate of drug-likeness (QED) is 0.518. The van der Waals surface area contributed by atoms with Gasteiger partial charge in [-0.3, -0.25) is 19.5 Å². The van der Waals surface area contributed by atoms with Gasteiger partial charge in [-0.1, -0.05) is 0 Å². The molecule has 3 aromatic rings. The van der Waals surface area contributed by atoms with Gasteiger partial charge in [-0.05, 0) is 30.3 Å². The number of rotatable bonds is 6. The molecule has 0 amide bonds. The van der Waals surface area contributed by atoms with Crippen LogP contribution in [0.4, 0.5) is 5.69 Å². The Bertz CT molecular complexity index is 1090. The minimum atomic E-state index is -0.976. The van der Waals surface area contributed by atoms with Gasteiger partial charge >= 0.3 is 0 Å². The molecule has 9 heteroatoms. The van der Waals surface area contributed by atoms with Gasteiger partial charge in [-0.25, -0.2) is 4.98 Å². The fourth-order valence-corrected chi connectivity index (χ4v) is 2.49. The van der Waals surface area contributed by atoms with Crippen molar-refractivity contribution in [1.82, 2.24) is 9.55 Å². The first-order valence-corrected chi connectivity index (χ1v) is 7.92. The number of ether oxygens (including phenoxy) is 1. The van der Waals surface area contributed by atoms with E-state index in [4.69, 9.17) is 10.00 Å². The van der Waals surface area contributed by atoms with Crippen LogP contribution in [0.15, 0.2) is 53.6 Å². The average molecular weight is 366 g/mol. The van der Waals surface area contributed by atoms with E-state index >= 15 is 0 Å². The Morgan fingerprint density at radius 3 is 2.70 bits per heavy atom. The van der Waals surface area contributed by atoms with Crippen molar-refractivity contribution in [2.45, 2.75) is 12.6 Å². The number of nitro groups is 1. The summed E-state index contributed by atoms with van der Waals surface area (Å²) in [6.45, 7) is -0.105. The molecule has 136 valence electrons. The summed E-state index contributed by atoms with van der Waals surface area (Å²) in [5, 5.41) is 29.9. The lowest BCUT2D eigenvalue weighted by atomic mass is 10.2. The highest BCUT2D eigenvalue weighted by atomic mass is 16.6. The van der Waals surface area contributed by atoms with Gasteiger partial charge in [0.1, 0.15) is 18.5 Å². The Morgan fingerprint density at radius 1 is 1.30 bits per heavy atom. The molecule has 0 aliphatic heterocycles. The molecule has 3 rings (SSSR count). The highest BCUT2D eigenvalue weighted by Crippen LogP contribution is 2.16. The summed E-state index contributed by atoms with van der Waals surface area (Å²) in [5.74, 6) is 0.490. The minimum absolute atomic E-state index is 0.0466. The number of aliphatic hydroxyl groups is 1. The fourth-order valence-electron chi connectivity index (χ4n) is 2.49. The second kappa shape index (κ2) is 7.63. The van der Waals surface area contributed by atoms with E-state index in [1.165, 1.54) is 29.1 Å². The predicted octanol–water partition coefficient (Wildman–Crippen LogP) is 1.62. The zero-order valence-electron chi connectivity index (χ0n) is 14.0. The molecule has 1 N–H and O–H groups in total. The topological polar surface area (TPSA) is 131 Å². The van der Waals surface area contributed by atoms with Crippen LogP contribution < -0.4 is 10.3 Å². The van der Waals surface area contributed by atoms with Crippen molar-refractivity contribution in [3.63, 3.8) is 0 Å². The van der Waals surface area contributed by atoms with Crippen molar-refractivity contribution in [3.8, 4) is 11.8 Å². The SMILES string of the molecule is N#Cc1ccc(OCC(O)Cn2cnc3cc([N+](=O)[O-])ccc3c2=O)cc1. The lowest BCUT2D eigenvalue weighted by Crippen LogP contribution is -2.30. The molecule has 0 aliphatic carbocycles. The molecule has 0 spiro atoms. The highest BCUT2D eigenvalue weighted by Gasteiger charge is 2.13. The summed E-state index contributed by atoms with van der Waals surface area (Å²) in [5.41, 5.74) is 0.154. The molecule has 0 radical (unpaired) electrons. The lowest BCUT2D eigenvalue weighted by molar-refractivity contribution is -0.384. The lowest BCUT2D eigenvalue weighted by Gasteiger charge is -2.14. The van der Waals surface area contributed by atoms with Crippen LogP contribution >= 0.6 is 0 Å². The van der Waals surface area contributed by atoms with E-state index in [1.807, 2.05) is 6.07 Å². The van der Waals surface area contributed by atoms with Crippen molar-refractivity contribution < 1.29 is 14.8 Å². The maximum atomic E-state index is 12.5. The number of nitrogens with zero attached hydrogens (tertiary/aromatic N) is 4. The number of hydrogen-bond acceptors (Lipinski definition) is 7. The summed E-state index contributed by atoms with van der Waals surface area (Å²) in [6, 6.07) is 12.2. The molecule has 27 heavy (non-hydrogen) atoms. The van der Waals surface area contributed by atoms with Gasteiger partial charge in [0, 0.05) is 12.1 Å². The number of aliphatic hydroxyl groups excluding tert-OH is 1. The fraction of sp³-hybridized carbons (Fsp3) is 0.167. The zero-order chi connectivity index (χ0) is 19.4. The third-order valence-corrected chi connectivity index (χ3v) is 3.85. The average Bonchev–Trinajstić information content (AvgIpc) is 2.68. The van der Waals surface area contributed by atoms with E-state index in [2.05, 4.69) is 4.98 Å². The van der Waals surface area contributed by atoms with Crippen LogP contribution in [0.2, 0.25) is 0 Å². The number of fused-ring (bicyclic) bond motifs is 1. The minimum Gasteiger partial charge on any atom is -0.491 e. The van der Waals surface area contributed by atoms with Crippen LogP contribution in [0.5, 0.6) is 5.75 Å². The molecule has 9 nitrogen and oxygen atoms in total. The Morgan fingerprint density at radius 2 is 2.04 bits per heavy atom. The molecule has 0 bridgehead atoms. The summed E-state index contributed by atoms with van der Waals surface area (Å²) < 4.78 is 6.66. The van der Waals surface area contributed by atoms with Crippen LogP contribution in [-0.2, 0) is 6.54 Å². The smallest absolute Gasteiger partial charge is 0.271 e. The Hall–Kier alpha value is -3.77. The molecule has 1 atom stereocenters. The van der Waals surface area contributed by atoms with Crippen molar-refractivity contribution in [3.05, 3.63) is 74.8 Å². The Labute approximate surface area is 152 Å². The van der Waals surface area contributed by atoms with E-state index in [0.29, 0.717) is 11.3 Å². The highest BCUT2D eigenvalue weighted by molar-refractivity contribution is 5.79. The molecule has 0 saturated carbocycles. The van der Waals surface area contributed by atoms with Gasteiger partial charge < -0.3 is 9.84 Å². The summed E-state index contributed by atoms with van der Waals surface area (Å²) in [4.78, 5) is 26.8. The number of benzene rings is 2. The Kier molecular flexibility index (Phi) is 5.10. The molecule has 1 heterocycles. The summed E-state index contributed by atoms with van der Waals surface area (Å²) in [6.07, 6.45) is 0.259. The molecular weight excluding hydrogens is 352 g/mol. The van der Waals surface area contributed by atoms with Crippen LogP contribution in [0.1, 0.15) is 5.56 Å². The first-order valence-electron chi connectivity index (χ1n) is 7.92. The van der Waals surface area contributed by atoms with Crippen LogP contribution in [0, 0.1) is 21.4 Å². The van der Waals surface area contributed by atoms with E-state index in [0.717, 1.165) is 0 Å². The second-order valence-electron chi connectivity index (χ2n) is 5.76. The zero-order valence-corrected chi connectivity index (χ0v) is 14.0. The molecule has 2 aromatic carbocycles. The van der Waals surface area contributed by atoms with Gasteiger partial charge in [0.15, 0.2) is 0 Å². The number of hydrogen-bond donors (Lipinski definition) is 1. The van der Waals surface area contributed by atoms with E-state index < -0.39 is 16.6 Å². The summed E-state index contributed by atoms with van der Waals surface area (Å²) in [7, 11) is 0. The maximum absolute atomic E-state index is 12.5. The molecule has 0 fully saturated rings. The number of nitriles is 1. The first kappa shape index (κ1) is 18.0. The maximum Gasteiger partial charge on any atom is 0.271 e. The number of non-ortho nitro benzene ring substituents is 1. The molecule has 0 aliphatic rings. The number of aromatic nitrogens is 2. The van der Waals surface area contributed by atoms with Gasteiger partial charge in [0.2, 0.25) is 0 Å². The van der Waals surface area contributed by atoms with Gasteiger partial charge in [-0.15, -0.1) is 0 Å². The largest absolute Gasteiger partial charge is 0.491 e. The standard InChI is InChI=1S/C18H14N4O5/c19-8-12-1-4-15(5-2-12)27-10-14(23)9-21-11-20-17-7-13(22(25)26)3-6-16(17)18(21)24/h1-7,11,14,23H,9-10H2. The van der Waals surface area contributed by atoms with Crippen molar-refractivity contribution in [1.29, 1.82) is 5.26 Å². The van der Waals surface area contributed by atoms with Crippen LogP contribution in [-0.4, -0.2) is 32.3 Å². The van der Waals surface area contributed by atoms with Crippen LogP contribution in [0.3, 0.4) is 0 Å². The van der Waals surface area contributed by atoms with E-state index in [-0.39, 0.29) is 29.7 Å². The van der Waals surface area contributed by atoms with Crippen molar-refractivity contribution >= 4 is 16.6 Å². The number of nitro benzene ring substituents is 1. The normalized spacial score (nSPS) is 11.7. The van der Waals surface area contributed by atoms with Crippen molar-refractivity contribution in [2.24, 2.45) is 0 Å². The monoisotopic (exact) mass is 366 g/mol. The molecule has 1 unspecified atom stereocenters. The third-order valence-electron chi connectivity index (χ3n) is 3.85.